The maximum absolute atomic E-state index is 11.9. The summed E-state index contributed by atoms with van der Waals surface area (Å²) in [4.78, 5) is 11.9. The molecular weight excluding hydrogens is 340 g/mol. The molecular formula is C22H28N2O3. The van der Waals surface area contributed by atoms with Gasteiger partial charge in [-0.2, -0.15) is 0 Å². The number of aliphatic hydroxyl groups excluding tert-OH is 1. The lowest BCUT2D eigenvalue weighted by molar-refractivity contribution is 0.0831. The predicted molar refractivity (Wildman–Crippen MR) is 106 cm³/mol. The van der Waals surface area contributed by atoms with Gasteiger partial charge in [-0.3, -0.25) is 4.79 Å². The Balaban J connectivity index is 1.64. The van der Waals surface area contributed by atoms with E-state index in [0.717, 1.165) is 36.1 Å². The molecule has 4 N–H and O–H groups in total. The number of aliphatic hydroxyl groups is 1. The first kappa shape index (κ1) is 19.4. The van der Waals surface area contributed by atoms with Gasteiger partial charge in [0.05, 0.1) is 6.10 Å². The molecule has 0 aromatic heterocycles. The van der Waals surface area contributed by atoms with Crippen molar-refractivity contribution in [2.45, 2.75) is 37.8 Å². The van der Waals surface area contributed by atoms with Crippen LogP contribution in [0.2, 0.25) is 0 Å². The second-order valence-corrected chi connectivity index (χ2v) is 7.26. The van der Waals surface area contributed by atoms with Gasteiger partial charge in [-0.15, -0.1) is 0 Å². The van der Waals surface area contributed by atoms with Gasteiger partial charge in [0.1, 0.15) is 12.4 Å². The van der Waals surface area contributed by atoms with Crippen molar-refractivity contribution in [1.82, 2.24) is 5.32 Å². The number of benzene rings is 2. The molecule has 0 radical (unpaired) electrons. The van der Waals surface area contributed by atoms with Crippen molar-refractivity contribution in [3.8, 4) is 5.75 Å². The van der Waals surface area contributed by atoms with Crippen LogP contribution >= 0.6 is 0 Å². The Labute approximate surface area is 160 Å². The summed E-state index contributed by atoms with van der Waals surface area (Å²) >= 11 is 0. The van der Waals surface area contributed by atoms with E-state index in [1.54, 1.807) is 7.05 Å². The summed E-state index contributed by atoms with van der Waals surface area (Å²) in [6.45, 7) is 0.276. The Morgan fingerprint density at radius 1 is 1.26 bits per heavy atom. The minimum absolute atomic E-state index is 0.0264. The zero-order valence-corrected chi connectivity index (χ0v) is 15.7. The van der Waals surface area contributed by atoms with E-state index in [9.17, 15) is 9.90 Å². The first-order chi connectivity index (χ1) is 13.1. The van der Waals surface area contributed by atoms with Crippen LogP contribution in [-0.2, 0) is 6.42 Å². The lowest BCUT2D eigenvalue weighted by atomic mass is 9.91. The molecule has 3 atom stereocenters. The zero-order valence-electron chi connectivity index (χ0n) is 15.7. The lowest BCUT2D eigenvalue weighted by Gasteiger charge is -2.19. The summed E-state index contributed by atoms with van der Waals surface area (Å²) in [7, 11) is 1.63. The van der Waals surface area contributed by atoms with Gasteiger partial charge in [0.15, 0.2) is 0 Å². The third-order valence-electron chi connectivity index (χ3n) is 5.22. The highest BCUT2D eigenvalue weighted by Crippen LogP contribution is 2.32. The lowest BCUT2D eigenvalue weighted by Crippen LogP contribution is -2.22. The highest BCUT2D eigenvalue weighted by Gasteiger charge is 2.24. The Kier molecular flexibility index (Phi) is 6.48. The van der Waals surface area contributed by atoms with E-state index in [1.807, 2.05) is 48.5 Å². The van der Waals surface area contributed by atoms with Crippen LogP contribution in [0.1, 0.15) is 46.8 Å². The number of carbonyl (C=O) groups excluding carboxylic acids is 1. The molecule has 0 saturated carbocycles. The fourth-order valence-corrected chi connectivity index (χ4v) is 3.78. The molecule has 144 valence electrons. The predicted octanol–water partition coefficient (Wildman–Crippen LogP) is 2.83. The molecule has 0 spiro atoms. The highest BCUT2D eigenvalue weighted by molar-refractivity contribution is 5.94. The van der Waals surface area contributed by atoms with Crippen molar-refractivity contribution in [2.75, 3.05) is 13.7 Å². The average molecular weight is 368 g/mol. The van der Waals surface area contributed by atoms with Gasteiger partial charge in [-0.05, 0) is 67.0 Å². The van der Waals surface area contributed by atoms with Crippen LogP contribution in [0.3, 0.4) is 0 Å². The van der Waals surface area contributed by atoms with Crippen LogP contribution in [0, 0.1) is 5.92 Å². The SMILES string of the molecule is CNC(=O)c1ccc2c(c1)CC(C[C@H](O)COc1ccccc1)CCC2N. The molecule has 1 aliphatic rings. The molecule has 3 rings (SSSR count). The van der Waals surface area contributed by atoms with Crippen molar-refractivity contribution in [2.24, 2.45) is 11.7 Å². The Morgan fingerprint density at radius 3 is 2.78 bits per heavy atom. The van der Waals surface area contributed by atoms with Crippen molar-refractivity contribution in [3.63, 3.8) is 0 Å². The Hall–Kier alpha value is -2.37. The van der Waals surface area contributed by atoms with Gasteiger partial charge >= 0.3 is 0 Å². The molecule has 0 saturated heterocycles. The number of nitrogens with two attached hydrogens (primary N) is 1. The number of nitrogens with one attached hydrogen (secondary N) is 1. The highest BCUT2D eigenvalue weighted by atomic mass is 16.5. The summed E-state index contributed by atoms with van der Waals surface area (Å²) < 4.78 is 5.67. The van der Waals surface area contributed by atoms with Crippen molar-refractivity contribution in [1.29, 1.82) is 0 Å². The second-order valence-electron chi connectivity index (χ2n) is 7.26. The third-order valence-corrected chi connectivity index (χ3v) is 5.22. The van der Waals surface area contributed by atoms with Crippen molar-refractivity contribution >= 4 is 5.91 Å². The van der Waals surface area contributed by atoms with Gasteiger partial charge in [-0.1, -0.05) is 24.3 Å². The van der Waals surface area contributed by atoms with E-state index < -0.39 is 6.10 Å². The zero-order chi connectivity index (χ0) is 19.2. The fourth-order valence-electron chi connectivity index (χ4n) is 3.78. The molecule has 2 aromatic rings. The standard InChI is InChI=1S/C22H28N2O3/c1-24-22(26)16-8-9-20-17(13-16)11-15(7-10-21(20)23)12-18(25)14-27-19-5-3-2-4-6-19/h2-6,8-9,13,15,18,21,25H,7,10-12,14,23H2,1H3,(H,24,26)/t15?,18-,21?/m0/s1. The first-order valence-electron chi connectivity index (χ1n) is 9.53. The summed E-state index contributed by atoms with van der Waals surface area (Å²) in [5.74, 6) is 0.982. The van der Waals surface area contributed by atoms with Crippen LogP contribution in [0.15, 0.2) is 48.5 Å². The maximum atomic E-state index is 11.9. The quantitative estimate of drug-likeness (QED) is 0.685. The number of carbonyl (C=O) groups is 1. The normalized spacial score (nSPS) is 20.3. The third kappa shape index (κ3) is 5.08. The van der Waals surface area contributed by atoms with E-state index in [2.05, 4.69) is 5.32 Å². The largest absolute Gasteiger partial charge is 0.491 e. The first-order valence-corrected chi connectivity index (χ1v) is 9.53. The van der Waals surface area contributed by atoms with Crippen LogP contribution in [0.25, 0.3) is 0 Å². The number of hydrogen-bond acceptors (Lipinski definition) is 4. The molecule has 0 aliphatic heterocycles. The van der Waals surface area contributed by atoms with E-state index in [-0.39, 0.29) is 18.6 Å². The van der Waals surface area contributed by atoms with Crippen molar-refractivity contribution < 1.29 is 14.6 Å². The summed E-state index contributed by atoms with van der Waals surface area (Å²) in [6, 6.07) is 15.2. The van der Waals surface area contributed by atoms with E-state index in [0.29, 0.717) is 17.9 Å². The number of amides is 1. The van der Waals surface area contributed by atoms with Crippen LogP contribution in [0.4, 0.5) is 0 Å². The molecule has 0 fully saturated rings. The maximum Gasteiger partial charge on any atom is 0.251 e. The van der Waals surface area contributed by atoms with Gasteiger partial charge in [0.25, 0.3) is 5.91 Å². The molecule has 0 bridgehead atoms. The van der Waals surface area contributed by atoms with Crippen LogP contribution in [0.5, 0.6) is 5.75 Å². The number of para-hydroxylation sites is 1. The van der Waals surface area contributed by atoms with E-state index >= 15 is 0 Å². The molecule has 5 nitrogen and oxygen atoms in total. The minimum Gasteiger partial charge on any atom is -0.491 e. The van der Waals surface area contributed by atoms with E-state index in [4.69, 9.17) is 10.5 Å². The van der Waals surface area contributed by atoms with Gasteiger partial charge in [-0.25, -0.2) is 0 Å². The molecule has 27 heavy (non-hydrogen) atoms. The fraction of sp³-hybridized carbons (Fsp3) is 0.409. The van der Waals surface area contributed by atoms with Gasteiger partial charge in [0, 0.05) is 18.7 Å². The molecule has 2 aromatic carbocycles. The summed E-state index contributed by atoms with van der Waals surface area (Å²) in [5, 5.41) is 13.1. The Bertz CT molecular complexity index is 763. The topological polar surface area (TPSA) is 84.6 Å². The smallest absolute Gasteiger partial charge is 0.251 e. The second kappa shape index (κ2) is 9.02. The molecule has 2 unspecified atom stereocenters. The van der Waals surface area contributed by atoms with Crippen LogP contribution < -0.4 is 15.8 Å². The number of ether oxygens (including phenoxy) is 1. The molecule has 0 heterocycles. The summed E-state index contributed by atoms with van der Waals surface area (Å²) in [6.07, 6.45) is 2.77. The monoisotopic (exact) mass is 368 g/mol. The van der Waals surface area contributed by atoms with Crippen molar-refractivity contribution in [3.05, 3.63) is 65.2 Å². The molecule has 1 amide bonds. The number of hydrogen-bond donors (Lipinski definition) is 3. The minimum atomic E-state index is -0.532. The van der Waals surface area contributed by atoms with Gasteiger partial charge < -0.3 is 20.9 Å². The number of rotatable bonds is 6. The average Bonchev–Trinajstić information content (AvgIpc) is 2.85. The van der Waals surface area contributed by atoms with Crippen LogP contribution in [-0.4, -0.2) is 30.8 Å². The summed E-state index contributed by atoms with van der Waals surface area (Å²) in [5.41, 5.74) is 9.22. The Morgan fingerprint density at radius 2 is 2.04 bits per heavy atom. The van der Waals surface area contributed by atoms with Gasteiger partial charge in [0.2, 0.25) is 0 Å². The molecule has 5 heteroatoms. The number of fused-ring (bicyclic) bond motifs is 1. The van der Waals surface area contributed by atoms with E-state index in [1.165, 1.54) is 0 Å². The molecule has 1 aliphatic carbocycles.